The number of aromatic nitrogens is 3. The van der Waals surface area contributed by atoms with Crippen LogP contribution in [0.25, 0.3) is 72.4 Å². The normalized spacial score (nSPS) is 11.6. The van der Waals surface area contributed by atoms with Gasteiger partial charge < -0.3 is 8.98 Å². The van der Waals surface area contributed by atoms with E-state index in [2.05, 4.69) is 171 Å². The summed E-state index contributed by atoms with van der Waals surface area (Å²) in [6.45, 7) is 11.3. The van der Waals surface area contributed by atoms with Crippen LogP contribution in [0.15, 0.2) is 144 Å². The number of aryl methyl sites for hydroxylation is 1. The van der Waals surface area contributed by atoms with Gasteiger partial charge >= 0.3 is 99.8 Å². The van der Waals surface area contributed by atoms with Crippen molar-refractivity contribution in [3.8, 4) is 39.5 Å². The third kappa shape index (κ3) is 8.01. The van der Waals surface area contributed by atoms with Gasteiger partial charge in [0.25, 0.3) is 0 Å². The van der Waals surface area contributed by atoms with Gasteiger partial charge in [0.2, 0.25) is 0 Å². The molecule has 3 heterocycles. The molecule has 6 aromatic carbocycles. The number of furan rings is 1. The predicted octanol–water partition coefficient (Wildman–Crippen LogP) is 13.7. The third-order valence-corrected chi connectivity index (χ3v) is 15.0. The van der Waals surface area contributed by atoms with Gasteiger partial charge in [0.05, 0.1) is 22.4 Å². The topological polar surface area (TPSA) is 43.9 Å². The first kappa shape index (κ1) is 41.1. The van der Waals surface area contributed by atoms with Gasteiger partial charge in [-0.05, 0) is 64.4 Å². The molecule has 0 spiro atoms. The zero-order valence-electron chi connectivity index (χ0n) is 34.5. The molecule has 58 heavy (non-hydrogen) atoms. The molecule has 0 aliphatic rings. The molecule has 6 heteroatoms. The van der Waals surface area contributed by atoms with Gasteiger partial charge in [-0.25, -0.2) is 0 Å². The van der Waals surface area contributed by atoms with Crippen molar-refractivity contribution in [1.29, 1.82) is 0 Å². The number of pyridine rings is 1. The quantitative estimate of drug-likeness (QED) is 0.118. The SMILES string of the molecule is Cc1c[c-]c(-c2nc3ccccc3n2-c2c(C(C)C)cc(-c3ccccc3)cc2C(C)C)c2oc3ccccc3c12.[CH3][Ge]([CH3])([CH3])[c]1ccc(-c2[c-]cccc2)nc1.[Ir]. The summed E-state index contributed by atoms with van der Waals surface area (Å²) in [5, 5.41) is 2.25. The van der Waals surface area contributed by atoms with E-state index in [1.807, 2.05) is 42.6 Å². The maximum Gasteiger partial charge on any atom is 0 e. The van der Waals surface area contributed by atoms with Crippen molar-refractivity contribution in [2.75, 3.05) is 0 Å². The largest absolute Gasteiger partial charge is 0 e. The van der Waals surface area contributed by atoms with Crippen molar-refractivity contribution in [2.24, 2.45) is 0 Å². The van der Waals surface area contributed by atoms with Crippen molar-refractivity contribution < 1.29 is 24.5 Å². The minimum absolute atomic E-state index is 0. The minimum Gasteiger partial charge on any atom is 0 e. The molecule has 4 nitrogen and oxygen atoms in total. The van der Waals surface area contributed by atoms with Crippen LogP contribution in [-0.4, -0.2) is 27.8 Å². The van der Waals surface area contributed by atoms with Gasteiger partial charge in [0, 0.05) is 31.2 Å². The number of benzene rings is 6. The number of hydrogen-bond donors (Lipinski definition) is 0. The standard InChI is InChI=1S/C38H33N2O.C14H16GeN.Ir/c1-23(2)30-21-27(26-13-7-6-8-14-26)22-31(24(3)4)36(30)40-33-17-11-10-16-32(33)39-38(40)29-20-19-25(5)35-28-15-9-12-18-34(28)41-37(29)35;1-15(2,3)13-9-10-14(16-11-13)12-7-5-4-6-8-12;/h6-19,21-24H,1-5H3;4-7,9-11H,1-3H3;/q2*-1;. The molecule has 0 N–H and O–H groups in total. The average molecular weight is 997 g/mol. The molecule has 9 rings (SSSR count). The van der Waals surface area contributed by atoms with Crippen LogP contribution in [0.2, 0.25) is 17.3 Å². The van der Waals surface area contributed by atoms with Gasteiger partial charge in [0.1, 0.15) is 5.58 Å². The Morgan fingerprint density at radius 1 is 0.707 bits per heavy atom. The molecule has 9 aromatic rings. The molecular formula is C52H49GeIrN3O-2. The molecule has 0 atom stereocenters. The van der Waals surface area contributed by atoms with E-state index in [0.29, 0.717) is 11.8 Å². The molecule has 0 saturated heterocycles. The first-order valence-electron chi connectivity index (χ1n) is 20.0. The minimum atomic E-state index is -1.72. The van der Waals surface area contributed by atoms with Crippen LogP contribution >= 0.6 is 0 Å². The Morgan fingerprint density at radius 2 is 1.38 bits per heavy atom. The monoisotopic (exact) mass is 998 g/mol. The first-order chi connectivity index (χ1) is 27.5. The fourth-order valence-electron chi connectivity index (χ4n) is 7.68. The zero-order chi connectivity index (χ0) is 39.8. The maximum atomic E-state index is 6.55. The van der Waals surface area contributed by atoms with E-state index in [-0.39, 0.29) is 20.1 Å². The van der Waals surface area contributed by atoms with Crippen LogP contribution in [-0.2, 0) is 20.1 Å². The second-order valence-corrected chi connectivity index (χ2v) is 27.2. The second kappa shape index (κ2) is 17.0. The summed E-state index contributed by atoms with van der Waals surface area (Å²) in [6.07, 6.45) is 2.04. The number of imidazole rings is 1. The number of rotatable bonds is 7. The van der Waals surface area contributed by atoms with Crippen molar-refractivity contribution in [3.63, 3.8) is 0 Å². The summed E-state index contributed by atoms with van der Waals surface area (Å²) in [5.74, 6) is 8.59. The van der Waals surface area contributed by atoms with Crippen molar-refractivity contribution in [1.82, 2.24) is 14.5 Å². The number of fused-ring (bicyclic) bond motifs is 4. The smallest absolute Gasteiger partial charge is 0 e. The van der Waals surface area contributed by atoms with Crippen LogP contribution in [0, 0.1) is 19.1 Å². The third-order valence-electron chi connectivity index (χ3n) is 10.8. The van der Waals surface area contributed by atoms with E-state index in [1.165, 1.54) is 32.3 Å². The van der Waals surface area contributed by atoms with E-state index < -0.39 is 13.3 Å². The molecule has 1 radical (unpaired) electrons. The Labute approximate surface area is 359 Å². The molecule has 0 amide bonds. The summed E-state index contributed by atoms with van der Waals surface area (Å²) in [7, 11) is 0. The Morgan fingerprint density at radius 3 is 2.03 bits per heavy atom. The van der Waals surface area contributed by atoms with Crippen molar-refractivity contribution in [2.45, 2.75) is 63.7 Å². The van der Waals surface area contributed by atoms with E-state index in [0.717, 1.165) is 61.2 Å². The van der Waals surface area contributed by atoms with Crippen LogP contribution in [0.4, 0.5) is 0 Å². The molecule has 0 aliphatic heterocycles. The predicted molar refractivity (Wildman–Crippen MR) is 242 cm³/mol. The van der Waals surface area contributed by atoms with E-state index in [4.69, 9.17) is 9.40 Å². The van der Waals surface area contributed by atoms with E-state index in [1.54, 1.807) is 0 Å². The fourth-order valence-corrected chi connectivity index (χ4v) is 9.85. The van der Waals surface area contributed by atoms with Gasteiger partial charge in [-0.1, -0.05) is 106 Å². The Balaban J connectivity index is 0.000000254. The van der Waals surface area contributed by atoms with Crippen molar-refractivity contribution >= 4 is 50.6 Å². The Bertz CT molecular complexity index is 2800. The van der Waals surface area contributed by atoms with E-state index >= 15 is 0 Å². The Kier molecular flexibility index (Phi) is 12.1. The van der Waals surface area contributed by atoms with Crippen LogP contribution in [0.5, 0.6) is 0 Å². The van der Waals surface area contributed by atoms with Gasteiger partial charge in [-0.3, -0.25) is 4.98 Å². The van der Waals surface area contributed by atoms with Crippen molar-refractivity contribution in [3.05, 3.63) is 168 Å². The van der Waals surface area contributed by atoms with E-state index in [9.17, 15) is 0 Å². The van der Waals surface area contributed by atoms with Crippen LogP contribution in [0.3, 0.4) is 0 Å². The number of hydrogen-bond acceptors (Lipinski definition) is 3. The molecule has 0 unspecified atom stereocenters. The summed E-state index contributed by atoms with van der Waals surface area (Å²) < 4.78 is 10.4. The molecule has 0 bridgehead atoms. The molecule has 3 aromatic heterocycles. The summed E-state index contributed by atoms with van der Waals surface area (Å²) >= 11 is -1.72. The maximum absolute atomic E-state index is 6.55. The van der Waals surface area contributed by atoms with Crippen LogP contribution < -0.4 is 4.40 Å². The average Bonchev–Trinajstić information content (AvgIpc) is 3.81. The fraction of sp³-hybridized carbons (Fsp3) is 0.192. The zero-order valence-corrected chi connectivity index (χ0v) is 39.0. The second-order valence-electron chi connectivity index (χ2n) is 16.5. The summed E-state index contributed by atoms with van der Waals surface area (Å²) in [4.78, 5) is 9.79. The first-order valence-corrected chi connectivity index (χ1v) is 27.3. The van der Waals surface area contributed by atoms with Crippen LogP contribution in [0.1, 0.15) is 56.2 Å². The molecule has 0 fully saturated rings. The summed E-state index contributed by atoms with van der Waals surface area (Å²) in [6, 6.07) is 53.3. The molecular weight excluding hydrogens is 947 g/mol. The summed E-state index contributed by atoms with van der Waals surface area (Å²) in [5.41, 5.74) is 14.1. The Hall–Kier alpha value is -5.07. The molecule has 0 aliphatic carbocycles. The van der Waals surface area contributed by atoms with Gasteiger partial charge in [-0.15, -0.1) is 17.7 Å². The van der Waals surface area contributed by atoms with Gasteiger partial charge in [0.15, 0.2) is 0 Å². The number of nitrogens with zero attached hydrogens (tertiary/aromatic N) is 3. The molecule has 293 valence electrons. The van der Waals surface area contributed by atoms with Gasteiger partial charge in [-0.2, -0.15) is 0 Å². The number of para-hydroxylation sites is 3. The molecule has 0 saturated carbocycles.